The van der Waals surface area contributed by atoms with Crippen LogP contribution in [0.3, 0.4) is 0 Å². The molecule has 142 valence electrons. The maximum atomic E-state index is 6.76. The third kappa shape index (κ3) is 4.97. The van der Waals surface area contributed by atoms with Crippen LogP contribution in [0.15, 0.2) is 0 Å². The van der Waals surface area contributed by atoms with Gasteiger partial charge in [0.2, 0.25) is 0 Å². The molecule has 6 heteroatoms. The van der Waals surface area contributed by atoms with E-state index in [0.29, 0.717) is 12.5 Å². The average molecular weight is 373 g/mol. The van der Waals surface area contributed by atoms with Crippen LogP contribution in [0.2, 0.25) is 36.3 Å². The van der Waals surface area contributed by atoms with Gasteiger partial charge in [0.25, 0.3) is 0 Å². The van der Waals surface area contributed by atoms with E-state index in [0.717, 1.165) is 0 Å². The zero-order valence-electron chi connectivity index (χ0n) is 18.2. The summed E-state index contributed by atoms with van der Waals surface area (Å²) >= 11 is 0. The predicted molar refractivity (Wildman–Crippen MR) is 112 cm³/mol. The van der Waals surface area contributed by atoms with Crippen LogP contribution < -0.4 is 0 Å². The van der Waals surface area contributed by atoms with Gasteiger partial charge in [0.1, 0.15) is 14.0 Å². The lowest BCUT2D eigenvalue weighted by Gasteiger charge is -2.41. The summed E-state index contributed by atoms with van der Waals surface area (Å²) < 4.78 is 19.5. The minimum absolute atomic E-state index is 0.0539. The number of rotatable bonds is 5. The van der Waals surface area contributed by atoms with E-state index in [1.165, 1.54) is 0 Å². The zero-order valence-corrected chi connectivity index (χ0v) is 20.2. The van der Waals surface area contributed by atoms with Crippen LogP contribution in [0.1, 0.15) is 48.5 Å². The molecule has 24 heavy (non-hydrogen) atoms. The van der Waals surface area contributed by atoms with Crippen molar-refractivity contribution in [3.8, 4) is 0 Å². The summed E-state index contributed by atoms with van der Waals surface area (Å²) in [5, 5.41) is 0.433. The Kier molecular flexibility index (Phi) is 6.71. The van der Waals surface area contributed by atoms with Gasteiger partial charge in [0, 0.05) is 11.9 Å². The highest BCUT2D eigenvalue weighted by Gasteiger charge is 2.48. The van der Waals surface area contributed by atoms with Crippen molar-refractivity contribution in [2.24, 2.45) is 5.92 Å². The van der Waals surface area contributed by atoms with Crippen LogP contribution in [0.4, 0.5) is 0 Å². The van der Waals surface area contributed by atoms with Gasteiger partial charge in [-0.1, -0.05) is 48.5 Å². The standard InChI is InChI=1S/C18H41BO3Si2/c1-13-15(22-24(10,11)18(5,6)7)14(21-16(13)19)12-20-23(8,9)17(2,3)4/h13-16H,12,19H2,1-11H3/t13-,14+,15?,16+/m0/s1. The van der Waals surface area contributed by atoms with Crippen molar-refractivity contribution in [3.63, 3.8) is 0 Å². The Labute approximate surface area is 153 Å². The molecule has 4 atom stereocenters. The number of ether oxygens (including phenoxy) is 1. The Morgan fingerprint density at radius 1 is 0.917 bits per heavy atom. The van der Waals surface area contributed by atoms with Crippen molar-refractivity contribution in [1.82, 2.24) is 0 Å². The lowest BCUT2D eigenvalue weighted by molar-refractivity contribution is 0.00266. The molecule has 1 aliphatic heterocycles. The summed E-state index contributed by atoms with van der Waals surface area (Å²) in [7, 11) is -1.42. The van der Waals surface area contributed by atoms with E-state index < -0.39 is 16.6 Å². The monoisotopic (exact) mass is 372 g/mol. The van der Waals surface area contributed by atoms with Crippen molar-refractivity contribution in [3.05, 3.63) is 0 Å². The van der Waals surface area contributed by atoms with E-state index in [-0.39, 0.29) is 28.3 Å². The molecule has 0 amide bonds. The van der Waals surface area contributed by atoms with Crippen LogP contribution >= 0.6 is 0 Å². The third-order valence-corrected chi connectivity index (χ3v) is 15.6. The Hall–Kier alpha value is 0.379. The van der Waals surface area contributed by atoms with E-state index in [4.69, 9.17) is 13.6 Å². The predicted octanol–water partition coefficient (Wildman–Crippen LogP) is 4.39. The molecule has 1 aliphatic rings. The van der Waals surface area contributed by atoms with Crippen molar-refractivity contribution in [1.29, 1.82) is 0 Å². The zero-order chi connectivity index (χ0) is 19.1. The molecule has 1 saturated heterocycles. The van der Waals surface area contributed by atoms with E-state index >= 15 is 0 Å². The molecular weight excluding hydrogens is 331 g/mol. The maximum absolute atomic E-state index is 6.76. The molecule has 1 rings (SSSR count). The Bertz CT molecular complexity index is 427. The van der Waals surface area contributed by atoms with Gasteiger partial charge in [-0.2, -0.15) is 0 Å². The summed E-state index contributed by atoms with van der Waals surface area (Å²) in [6.07, 6.45) is 0.198. The first-order chi connectivity index (χ1) is 10.5. The van der Waals surface area contributed by atoms with Gasteiger partial charge in [-0.25, -0.2) is 0 Å². The van der Waals surface area contributed by atoms with Gasteiger partial charge in [0.15, 0.2) is 16.6 Å². The minimum Gasteiger partial charge on any atom is -0.414 e. The van der Waals surface area contributed by atoms with Gasteiger partial charge in [-0.05, 0) is 36.3 Å². The second-order valence-corrected chi connectivity index (χ2v) is 20.2. The van der Waals surface area contributed by atoms with Crippen molar-refractivity contribution in [2.75, 3.05) is 6.61 Å². The molecular formula is C18H41BO3Si2. The molecule has 0 aromatic rings. The van der Waals surface area contributed by atoms with Crippen LogP contribution in [0.5, 0.6) is 0 Å². The van der Waals surface area contributed by atoms with Crippen LogP contribution in [0, 0.1) is 5.92 Å². The van der Waals surface area contributed by atoms with Gasteiger partial charge in [0.05, 0.1) is 12.7 Å². The highest BCUT2D eigenvalue weighted by molar-refractivity contribution is 6.74. The highest BCUT2D eigenvalue weighted by atomic mass is 28.4. The fraction of sp³-hybridized carbons (Fsp3) is 1.00. The second kappa shape index (κ2) is 7.18. The van der Waals surface area contributed by atoms with Crippen LogP contribution in [-0.2, 0) is 13.6 Å². The molecule has 0 bridgehead atoms. The Morgan fingerprint density at radius 2 is 1.38 bits per heavy atom. The lowest BCUT2D eigenvalue weighted by atomic mass is 9.86. The van der Waals surface area contributed by atoms with Gasteiger partial charge >= 0.3 is 0 Å². The van der Waals surface area contributed by atoms with E-state index in [1.807, 2.05) is 0 Å². The average Bonchev–Trinajstić information content (AvgIpc) is 2.61. The molecule has 1 unspecified atom stereocenters. The Morgan fingerprint density at radius 3 is 1.79 bits per heavy atom. The molecule has 0 aromatic heterocycles. The van der Waals surface area contributed by atoms with E-state index in [9.17, 15) is 0 Å². The quantitative estimate of drug-likeness (QED) is 0.670. The molecule has 1 heterocycles. The first kappa shape index (κ1) is 22.4. The highest BCUT2D eigenvalue weighted by Crippen LogP contribution is 2.41. The normalized spacial score (nSPS) is 30.0. The fourth-order valence-corrected chi connectivity index (χ4v) is 4.84. The summed E-state index contributed by atoms with van der Waals surface area (Å²) in [6, 6.07) is 0.229. The van der Waals surface area contributed by atoms with Crippen LogP contribution in [0.25, 0.3) is 0 Å². The van der Waals surface area contributed by atoms with Gasteiger partial charge in [-0.15, -0.1) is 0 Å². The number of hydrogen-bond donors (Lipinski definition) is 0. The second-order valence-electron chi connectivity index (χ2n) is 10.7. The van der Waals surface area contributed by atoms with E-state index in [2.05, 4.69) is 82.5 Å². The third-order valence-electron chi connectivity index (χ3n) is 6.67. The molecule has 0 aliphatic carbocycles. The van der Waals surface area contributed by atoms with Gasteiger partial charge < -0.3 is 13.6 Å². The van der Waals surface area contributed by atoms with Crippen molar-refractivity contribution in [2.45, 2.75) is 103 Å². The smallest absolute Gasteiger partial charge is 0.192 e. The molecule has 0 aromatic carbocycles. The lowest BCUT2D eigenvalue weighted by Crippen LogP contribution is -2.49. The fourth-order valence-electron chi connectivity index (χ4n) is 2.42. The molecule has 1 fully saturated rings. The summed E-state index contributed by atoms with van der Waals surface area (Å²) in [5.74, 6) is 0.409. The van der Waals surface area contributed by atoms with Crippen molar-refractivity contribution < 1.29 is 13.6 Å². The van der Waals surface area contributed by atoms with E-state index in [1.54, 1.807) is 0 Å². The number of hydrogen-bond acceptors (Lipinski definition) is 3. The molecule has 0 N–H and O–H groups in total. The molecule has 0 radical (unpaired) electrons. The first-order valence-electron chi connectivity index (χ1n) is 9.47. The summed E-state index contributed by atoms with van der Waals surface area (Å²) in [4.78, 5) is 0. The Balaban J connectivity index is 2.86. The maximum Gasteiger partial charge on any atom is 0.192 e. The topological polar surface area (TPSA) is 27.7 Å². The summed E-state index contributed by atoms with van der Waals surface area (Å²) in [5.41, 5.74) is 0. The van der Waals surface area contributed by atoms with Crippen molar-refractivity contribution >= 4 is 24.5 Å². The molecule has 3 nitrogen and oxygen atoms in total. The minimum atomic E-state index is -1.82. The largest absolute Gasteiger partial charge is 0.414 e. The molecule has 0 saturated carbocycles. The first-order valence-corrected chi connectivity index (χ1v) is 15.3. The SMILES string of the molecule is B[C@@H]1O[C@H](CO[Si](C)(C)C(C)(C)C)C(O[Si](C)(C)C(C)(C)C)[C@@H]1C. The summed E-state index contributed by atoms with van der Waals surface area (Å²) in [6.45, 7) is 25.9. The molecule has 0 spiro atoms. The van der Waals surface area contributed by atoms with Crippen LogP contribution in [-0.4, -0.2) is 49.3 Å². The van der Waals surface area contributed by atoms with Gasteiger partial charge in [-0.3, -0.25) is 0 Å².